The molecular weight excluding hydrogens is 296 g/mol. The van der Waals surface area contributed by atoms with Crippen LogP contribution >= 0.6 is 0 Å². The Hall–Kier alpha value is -1.02. The average molecular weight is 316 g/mol. The summed E-state index contributed by atoms with van der Waals surface area (Å²) in [5.74, 6) is -5.20. The molecule has 0 radical (unpaired) electrons. The van der Waals surface area contributed by atoms with Crippen LogP contribution in [0.5, 0.6) is 0 Å². The second kappa shape index (κ2) is 6.00. The van der Waals surface area contributed by atoms with Crippen LogP contribution in [0.25, 0.3) is 0 Å². The van der Waals surface area contributed by atoms with E-state index in [-0.39, 0.29) is 19.5 Å². The van der Waals surface area contributed by atoms with Gasteiger partial charge in [-0.2, -0.15) is 0 Å². The van der Waals surface area contributed by atoms with Gasteiger partial charge < -0.3 is 22.6 Å². The van der Waals surface area contributed by atoms with Gasteiger partial charge in [-0.05, 0) is 27.2 Å². The number of hydrogen-bond acceptors (Lipinski definition) is 2. The minimum absolute atomic E-state index is 0.151. The van der Waals surface area contributed by atoms with Crippen molar-refractivity contribution in [2.75, 3.05) is 13.1 Å². The van der Waals surface area contributed by atoms with Gasteiger partial charge >= 0.3 is 13.1 Å². The lowest BCUT2D eigenvalue weighted by molar-refractivity contribution is -0.0568. The third-order valence-corrected chi connectivity index (χ3v) is 3.26. The minimum Gasteiger partial charge on any atom is -0.449 e. The zero-order valence-corrected chi connectivity index (χ0v) is 12.3. The van der Waals surface area contributed by atoms with Gasteiger partial charge in [-0.1, -0.05) is 6.32 Å². The zero-order valence-electron chi connectivity index (χ0n) is 12.3. The number of amides is 1. The van der Waals surface area contributed by atoms with Crippen molar-refractivity contribution >= 4 is 13.1 Å². The van der Waals surface area contributed by atoms with Crippen LogP contribution in [0.1, 0.15) is 33.6 Å². The van der Waals surface area contributed by atoms with E-state index in [1.54, 1.807) is 20.8 Å². The Bertz CT molecular complexity index is 381. The van der Waals surface area contributed by atoms with E-state index in [9.17, 15) is 26.5 Å². The molecule has 3 nitrogen and oxygen atoms in total. The first kappa shape index (κ1) is 18.0. The third kappa shape index (κ3) is 6.09. The molecule has 0 N–H and O–H groups in total. The van der Waals surface area contributed by atoms with Crippen molar-refractivity contribution in [3.05, 3.63) is 0 Å². The van der Waals surface area contributed by atoms with Crippen LogP contribution in [0.3, 0.4) is 0 Å². The predicted molar refractivity (Wildman–Crippen MR) is 69.4 cm³/mol. The molecule has 9 heteroatoms. The molecule has 124 valence electrons. The largest absolute Gasteiger partial charge is 0.478 e. The van der Waals surface area contributed by atoms with Crippen molar-refractivity contribution in [2.45, 2.75) is 51.5 Å². The Morgan fingerprint density at radius 3 is 2.33 bits per heavy atom. The minimum atomic E-state index is -5.28. The molecule has 1 heterocycles. The van der Waals surface area contributed by atoms with Gasteiger partial charge in [0.2, 0.25) is 5.92 Å². The highest BCUT2D eigenvalue weighted by Gasteiger charge is 2.45. The summed E-state index contributed by atoms with van der Waals surface area (Å²) in [4.78, 5) is 12.9. The SMILES string of the molecule is CC(C)(C)OC(=O)N1CCC(C[B-](F)(F)F)C(F)(F)CC1. The number of alkyl halides is 2. The molecule has 0 bridgehead atoms. The maximum Gasteiger partial charge on any atom is 0.478 e. The van der Waals surface area contributed by atoms with Crippen molar-refractivity contribution in [3.63, 3.8) is 0 Å². The number of nitrogens with zero attached hydrogens (tertiary/aromatic N) is 1. The number of rotatable bonds is 2. The number of ether oxygens (including phenoxy) is 1. The van der Waals surface area contributed by atoms with Crippen LogP contribution < -0.4 is 0 Å². The lowest BCUT2D eigenvalue weighted by Gasteiger charge is -2.28. The first-order valence-electron chi connectivity index (χ1n) is 6.87. The molecule has 1 fully saturated rings. The first-order chi connectivity index (χ1) is 9.30. The monoisotopic (exact) mass is 316 g/mol. The van der Waals surface area contributed by atoms with Crippen LogP contribution in [0.2, 0.25) is 6.32 Å². The molecule has 21 heavy (non-hydrogen) atoms. The zero-order chi connectivity index (χ0) is 16.5. The average Bonchev–Trinajstić information content (AvgIpc) is 2.35. The van der Waals surface area contributed by atoms with Crippen molar-refractivity contribution in [1.82, 2.24) is 4.90 Å². The molecule has 1 atom stereocenters. The molecule has 1 amide bonds. The predicted octanol–water partition coefficient (Wildman–Crippen LogP) is 4.12. The molecule has 0 aromatic carbocycles. The van der Waals surface area contributed by atoms with Gasteiger partial charge in [-0.15, -0.1) is 0 Å². The van der Waals surface area contributed by atoms with Gasteiger partial charge in [0.05, 0.1) is 0 Å². The highest BCUT2D eigenvalue weighted by Crippen LogP contribution is 2.40. The third-order valence-electron chi connectivity index (χ3n) is 3.26. The van der Waals surface area contributed by atoms with E-state index in [1.165, 1.54) is 0 Å². The number of halogens is 5. The maximum absolute atomic E-state index is 13.8. The molecule has 1 rings (SSSR count). The van der Waals surface area contributed by atoms with Crippen molar-refractivity contribution in [1.29, 1.82) is 0 Å². The fourth-order valence-corrected chi connectivity index (χ4v) is 2.24. The van der Waals surface area contributed by atoms with E-state index >= 15 is 0 Å². The number of carbonyl (C=O) groups excluding carboxylic acids is 1. The van der Waals surface area contributed by atoms with E-state index in [4.69, 9.17) is 4.74 Å². The second-order valence-corrected chi connectivity index (χ2v) is 6.41. The molecule has 1 aliphatic rings. The van der Waals surface area contributed by atoms with Crippen molar-refractivity contribution in [2.24, 2.45) is 5.92 Å². The van der Waals surface area contributed by atoms with Crippen LogP contribution in [-0.4, -0.2) is 42.6 Å². The number of likely N-dealkylation sites (tertiary alicyclic amines) is 1. The fraction of sp³-hybridized carbons (Fsp3) is 0.917. The van der Waals surface area contributed by atoms with E-state index in [0.29, 0.717) is 0 Å². The molecule has 1 saturated heterocycles. The fourth-order valence-electron chi connectivity index (χ4n) is 2.24. The van der Waals surface area contributed by atoms with E-state index in [2.05, 4.69) is 0 Å². The Labute approximate surface area is 120 Å². The van der Waals surface area contributed by atoms with Crippen molar-refractivity contribution < 1.29 is 31.3 Å². The summed E-state index contributed by atoms with van der Waals surface area (Å²) in [5.41, 5.74) is -0.777. The van der Waals surface area contributed by atoms with Gasteiger partial charge in [-0.3, -0.25) is 0 Å². The van der Waals surface area contributed by atoms with E-state index in [0.717, 1.165) is 4.90 Å². The van der Waals surface area contributed by atoms with Crippen LogP contribution in [0.4, 0.5) is 26.5 Å². The molecule has 1 aliphatic heterocycles. The van der Waals surface area contributed by atoms with Gasteiger partial charge in [0, 0.05) is 25.4 Å². The van der Waals surface area contributed by atoms with Gasteiger partial charge in [0.25, 0.3) is 0 Å². The summed E-state index contributed by atoms with van der Waals surface area (Å²) in [5, 5.41) is 0. The summed E-state index contributed by atoms with van der Waals surface area (Å²) < 4.78 is 69.8. The highest BCUT2D eigenvalue weighted by molar-refractivity contribution is 6.58. The molecule has 1 unspecified atom stereocenters. The lowest BCUT2D eigenvalue weighted by Crippen LogP contribution is -2.37. The lowest BCUT2D eigenvalue weighted by atomic mass is 9.74. The Kier molecular flexibility index (Phi) is 5.16. The Morgan fingerprint density at radius 2 is 1.86 bits per heavy atom. The standard InChI is InChI=1S/C12H20BF5NO2/c1-11(2,3)21-10(20)19-6-4-9(8-13(16,17)18)12(14,15)5-7-19/h9H,4-8H2,1-3H3/q-1. The summed E-state index contributed by atoms with van der Waals surface area (Å²) in [7, 11) is 0. The topological polar surface area (TPSA) is 29.5 Å². The molecular formula is C12H20BF5NO2-. The van der Waals surface area contributed by atoms with Gasteiger partial charge in [-0.25, -0.2) is 13.6 Å². The van der Waals surface area contributed by atoms with Crippen molar-refractivity contribution in [3.8, 4) is 0 Å². The van der Waals surface area contributed by atoms with Crippen LogP contribution in [-0.2, 0) is 4.74 Å². The summed E-state index contributed by atoms with van der Waals surface area (Å²) in [6.07, 6.45) is -3.40. The smallest absolute Gasteiger partial charge is 0.449 e. The van der Waals surface area contributed by atoms with Gasteiger partial charge in [0.15, 0.2) is 0 Å². The summed E-state index contributed by atoms with van der Waals surface area (Å²) in [6.45, 7) is -0.840. The Balaban J connectivity index is 2.72. The van der Waals surface area contributed by atoms with E-state index in [1.807, 2.05) is 0 Å². The Morgan fingerprint density at radius 1 is 1.29 bits per heavy atom. The number of hydrogen-bond donors (Lipinski definition) is 0. The first-order valence-corrected chi connectivity index (χ1v) is 6.87. The highest BCUT2D eigenvalue weighted by atomic mass is 19.4. The second-order valence-electron chi connectivity index (χ2n) is 6.41. The molecule has 0 aromatic heterocycles. The summed E-state index contributed by atoms with van der Waals surface area (Å²) in [6, 6.07) is 0. The molecule has 0 spiro atoms. The van der Waals surface area contributed by atoms with E-state index < -0.39 is 43.3 Å². The summed E-state index contributed by atoms with van der Waals surface area (Å²) >= 11 is 0. The normalized spacial score (nSPS) is 23.6. The molecule has 0 aromatic rings. The molecule has 0 aliphatic carbocycles. The van der Waals surface area contributed by atoms with Crippen LogP contribution in [0.15, 0.2) is 0 Å². The van der Waals surface area contributed by atoms with Gasteiger partial charge in [0.1, 0.15) is 5.60 Å². The number of carbonyl (C=O) groups is 1. The maximum atomic E-state index is 13.8. The molecule has 0 saturated carbocycles. The van der Waals surface area contributed by atoms with Crippen LogP contribution in [0, 0.1) is 5.92 Å². The quantitative estimate of drug-likeness (QED) is 0.566.